The van der Waals surface area contributed by atoms with Gasteiger partial charge in [-0.25, -0.2) is 8.42 Å². The van der Waals surface area contributed by atoms with E-state index in [0.717, 1.165) is 29.8 Å². The lowest BCUT2D eigenvalue weighted by molar-refractivity contribution is 0.477. The Morgan fingerprint density at radius 2 is 1.74 bits per heavy atom. The lowest BCUT2D eigenvalue weighted by Gasteiger charge is -2.18. The molecule has 1 aliphatic heterocycles. The van der Waals surface area contributed by atoms with Gasteiger partial charge in [-0.15, -0.1) is 10.2 Å². The van der Waals surface area contributed by atoms with E-state index in [4.69, 9.17) is 0 Å². The first kappa shape index (κ1) is 18.4. The van der Waals surface area contributed by atoms with Crippen LogP contribution < -0.4 is 5.32 Å². The number of aromatic nitrogens is 2. The molecule has 2 aromatic rings. The van der Waals surface area contributed by atoms with Crippen LogP contribution in [0.5, 0.6) is 0 Å². The van der Waals surface area contributed by atoms with E-state index in [0.29, 0.717) is 29.7 Å². The zero-order chi connectivity index (χ0) is 18.9. The normalized spacial score (nSPS) is 18.9. The van der Waals surface area contributed by atoms with E-state index >= 15 is 0 Å². The Morgan fingerprint density at radius 3 is 2.41 bits per heavy atom. The third kappa shape index (κ3) is 3.84. The Labute approximate surface area is 161 Å². The maximum atomic E-state index is 13.0. The number of anilines is 1. The van der Waals surface area contributed by atoms with Gasteiger partial charge in [0.05, 0.1) is 10.6 Å². The summed E-state index contributed by atoms with van der Waals surface area (Å²) in [5.74, 6) is 0.780. The lowest BCUT2D eigenvalue weighted by Crippen LogP contribution is -2.28. The van der Waals surface area contributed by atoms with Gasteiger partial charge in [0, 0.05) is 24.7 Å². The number of nitrogens with one attached hydrogen (secondary N) is 1. The van der Waals surface area contributed by atoms with Crippen LogP contribution in [0.3, 0.4) is 0 Å². The van der Waals surface area contributed by atoms with Crippen molar-refractivity contribution in [2.45, 2.75) is 56.4 Å². The third-order valence-corrected chi connectivity index (χ3v) is 7.58. The SMILES string of the molecule is Cc1ccc(-c2ccc(NC3CCCC3)nn2)cc1S(=O)(=O)N1CCCC1. The smallest absolute Gasteiger partial charge is 0.243 e. The molecule has 1 aromatic heterocycles. The molecule has 0 atom stereocenters. The number of nitrogens with zero attached hydrogens (tertiary/aromatic N) is 3. The molecule has 1 saturated heterocycles. The van der Waals surface area contributed by atoms with E-state index in [1.807, 2.05) is 31.2 Å². The molecule has 4 rings (SSSR count). The van der Waals surface area contributed by atoms with E-state index in [9.17, 15) is 8.42 Å². The number of aryl methyl sites for hydroxylation is 1. The molecule has 1 aliphatic carbocycles. The molecule has 1 saturated carbocycles. The van der Waals surface area contributed by atoms with Gasteiger partial charge in [0.15, 0.2) is 0 Å². The molecule has 2 aliphatic rings. The first-order chi connectivity index (χ1) is 13.0. The minimum Gasteiger partial charge on any atom is -0.366 e. The molecule has 0 spiro atoms. The molecule has 0 unspecified atom stereocenters. The van der Waals surface area contributed by atoms with Crippen LogP contribution in [-0.4, -0.2) is 42.1 Å². The highest BCUT2D eigenvalue weighted by Crippen LogP contribution is 2.28. The highest BCUT2D eigenvalue weighted by molar-refractivity contribution is 7.89. The van der Waals surface area contributed by atoms with Crippen molar-refractivity contribution in [2.24, 2.45) is 0 Å². The van der Waals surface area contributed by atoms with E-state index in [1.54, 1.807) is 10.4 Å². The van der Waals surface area contributed by atoms with Crippen LogP contribution >= 0.6 is 0 Å². The first-order valence-corrected chi connectivity index (χ1v) is 11.2. The summed E-state index contributed by atoms with van der Waals surface area (Å²) in [5, 5.41) is 12.0. The van der Waals surface area contributed by atoms with Crippen LogP contribution in [-0.2, 0) is 10.0 Å². The molecule has 2 heterocycles. The number of sulfonamides is 1. The van der Waals surface area contributed by atoms with Crippen LogP contribution in [0.25, 0.3) is 11.3 Å². The minimum atomic E-state index is -3.45. The van der Waals surface area contributed by atoms with Crippen LogP contribution in [0.4, 0.5) is 5.82 Å². The molecule has 27 heavy (non-hydrogen) atoms. The summed E-state index contributed by atoms with van der Waals surface area (Å²) in [6, 6.07) is 9.81. The summed E-state index contributed by atoms with van der Waals surface area (Å²) in [4.78, 5) is 0.372. The minimum absolute atomic E-state index is 0.372. The van der Waals surface area contributed by atoms with Crippen molar-refractivity contribution in [1.82, 2.24) is 14.5 Å². The molecule has 1 N–H and O–H groups in total. The summed E-state index contributed by atoms with van der Waals surface area (Å²) in [5.41, 5.74) is 2.22. The highest BCUT2D eigenvalue weighted by atomic mass is 32.2. The predicted octanol–water partition coefficient (Wildman–Crippen LogP) is 3.59. The van der Waals surface area contributed by atoms with Gasteiger partial charge in [0.1, 0.15) is 5.82 Å². The van der Waals surface area contributed by atoms with Crippen LogP contribution in [0.1, 0.15) is 44.1 Å². The summed E-state index contributed by atoms with van der Waals surface area (Å²) < 4.78 is 27.5. The largest absolute Gasteiger partial charge is 0.366 e. The van der Waals surface area contributed by atoms with Crippen molar-refractivity contribution in [2.75, 3.05) is 18.4 Å². The maximum absolute atomic E-state index is 13.0. The van der Waals surface area contributed by atoms with Crippen molar-refractivity contribution in [3.05, 3.63) is 35.9 Å². The van der Waals surface area contributed by atoms with Crippen molar-refractivity contribution in [3.63, 3.8) is 0 Å². The van der Waals surface area contributed by atoms with E-state index in [2.05, 4.69) is 15.5 Å². The maximum Gasteiger partial charge on any atom is 0.243 e. The van der Waals surface area contributed by atoms with Gasteiger partial charge in [-0.3, -0.25) is 0 Å². The molecule has 144 valence electrons. The summed E-state index contributed by atoms with van der Waals surface area (Å²) >= 11 is 0. The van der Waals surface area contributed by atoms with Gasteiger partial charge in [0.25, 0.3) is 0 Å². The molecule has 6 nitrogen and oxygen atoms in total. The van der Waals surface area contributed by atoms with Gasteiger partial charge < -0.3 is 5.32 Å². The van der Waals surface area contributed by atoms with Crippen LogP contribution in [0.2, 0.25) is 0 Å². The topological polar surface area (TPSA) is 75.2 Å². The Morgan fingerprint density at radius 1 is 1.00 bits per heavy atom. The molecule has 7 heteroatoms. The summed E-state index contributed by atoms with van der Waals surface area (Å²) in [6.45, 7) is 3.05. The van der Waals surface area contributed by atoms with E-state index in [-0.39, 0.29) is 0 Å². The second kappa shape index (κ2) is 7.56. The van der Waals surface area contributed by atoms with Crippen molar-refractivity contribution in [3.8, 4) is 11.3 Å². The van der Waals surface area contributed by atoms with Gasteiger partial charge in [0.2, 0.25) is 10.0 Å². The number of rotatable bonds is 5. The Bertz CT molecular complexity index is 900. The second-order valence-corrected chi connectivity index (χ2v) is 9.43. The molecule has 0 radical (unpaired) electrons. The van der Waals surface area contributed by atoms with Gasteiger partial charge in [-0.2, -0.15) is 4.31 Å². The number of benzene rings is 1. The fraction of sp³-hybridized carbons (Fsp3) is 0.500. The van der Waals surface area contributed by atoms with Crippen molar-refractivity contribution >= 4 is 15.8 Å². The van der Waals surface area contributed by atoms with E-state index < -0.39 is 10.0 Å². The predicted molar refractivity (Wildman–Crippen MR) is 106 cm³/mol. The molecule has 2 fully saturated rings. The van der Waals surface area contributed by atoms with Crippen molar-refractivity contribution in [1.29, 1.82) is 0 Å². The second-order valence-electron chi connectivity index (χ2n) is 7.52. The molecule has 1 aromatic carbocycles. The molecular weight excluding hydrogens is 360 g/mol. The highest BCUT2D eigenvalue weighted by Gasteiger charge is 2.28. The fourth-order valence-electron chi connectivity index (χ4n) is 3.95. The molecule has 0 bridgehead atoms. The van der Waals surface area contributed by atoms with Crippen LogP contribution in [0.15, 0.2) is 35.2 Å². The third-order valence-electron chi connectivity index (χ3n) is 5.54. The molecular formula is C20H26N4O2S. The Hall–Kier alpha value is -1.99. The fourth-order valence-corrected chi connectivity index (χ4v) is 5.72. The van der Waals surface area contributed by atoms with Gasteiger partial charge >= 0.3 is 0 Å². The first-order valence-electron chi connectivity index (χ1n) is 9.75. The monoisotopic (exact) mass is 386 g/mol. The van der Waals surface area contributed by atoms with Crippen LogP contribution in [0, 0.1) is 6.92 Å². The Balaban J connectivity index is 1.58. The van der Waals surface area contributed by atoms with Gasteiger partial charge in [-0.05, 0) is 56.4 Å². The number of hydrogen-bond acceptors (Lipinski definition) is 5. The standard InChI is InChI=1S/C20H26N4O2S/c1-15-8-9-16(14-19(15)27(25,26)24-12-4-5-13-24)18-10-11-20(23-22-18)21-17-6-2-3-7-17/h8-11,14,17H,2-7,12-13H2,1H3,(H,21,23). The quantitative estimate of drug-likeness (QED) is 0.850. The average Bonchev–Trinajstić information content (AvgIpc) is 3.37. The number of hydrogen-bond donors (Lipinski definition) is 1. The Kier molecular flexibility index (Phi) is 5.14. The van der Waals surface area contributed by atoms with E-state index in [1.165, 1.54) is 25.7 Å². The lowest BCUT2D eigenvalue weighted by atomic mass is 10.1. The summed E-state index contributed by atoms with van der Waals surface area (Å²) in [6.07, 6.45) is 6.75. The van der Waals surface area contributed by atoms with Gasteiger partial charge in [-0.1, -0.05) is 25.0 Å². The molecule has 0 amide bonds. The average molecular weight is 387 g/mol. The van der Waals surface area contributed by atoms with Crippen molar-refractivity contribution < 1.29 is 8.42 Å². The zero-order valence-corrected chi connectivity index (χ0v) is 16.5. The summed E-state index contributed by atoms with van der Waals surface area (Å²) in [7, 11) is -3.45. The zero-order valence-electron chi connectivity index (χ0n) is 15.7.